The molecule has 1 rings (SSSR count). The molecule has 0 spiro atoms. The van der Waals surface area contributed by atoms with E-state index in [1.54, 1.807) is 0 Å². The molecule has 1 heterocycles. The Morgan fingerprint density at radius 1 is 1.58 bits per heavy atom. The first kappa shape index (κ1) is 10.0. The van der Waals surface area contributed by atoms with Gasteiger partial charge >= 0.3 is 0 Å². The molecule has 2 heteroatoms. The summed E-state index contributed by atoms with van der Waals surface area (Å²) in [7, 11) is 2.19. The predicted octanol–water partition coefficient (Wildman–Crippen LogP) is 1.90. The molecule has 2 atom stereocenters. The molecular formula is C10H21NO. The fourth-order valence-corrected chi connectivity index (χ4v) is 1.58. The fourth-order valence-electron chi connectivity index (χ4n) is 1.58. The molecule has 1 aliphatic heterocycles. The minimum atomic E-state index is 0.430. The van der Waals surface area contributed by atoms with E-state index < -0.39 is 0 Å². The molecule has 0 aromatic heterocycles. The molecule has 1 saturated heterocycles. The summed E-state index contributed by atoms with van der Waals surface area (Å²) in [5.74, 6) is 0. The molecule has 2 nitrogen and oxygen atoms in total. The Labute approximate surface area is 75.9 Å². The summed E-state index contributed by atoms with van der Waals surface area (Å²) in [6.07, 6.45) is 4.20. The second-order valence-electron chi connectivity index (χ2n) is 3.83. The van der Waals surface area contributed by atoms with Crippen LogP contribution in [-0.2, 0) is 4.74 Å². The quantitative estimate of drug-likeness (QED) is 0.640. The number of rotatable bonds is 4. The summed E-state index contributed by atoms with van der Waals surface area (Å²) >= 11 is 0. The van der Waals surface area contributed by atoms with Gasteiger partial charge in [0.1, 0.15) is 0 Å². The number of hydrogen-bond donors (Lipinski definition) is 0. The van der Waals surface area contributed by atoms with Crippen LogP contribution in [0.25, 0.3) is 0 Å². The Bertz CT molecular complexity index is 127. The number of nitrogens with zero attached hydrogens (tertiary/aromatic N) is 1. The van der Waals surface area contributed by atoms with Gasteiger partial charge in [-0.25, -0.2) is 0 Å². The van der Waals surface area contributed by atoms with Crippen molar-refractivity contribution in [3.05, 3.63) is 0 Å². The molecule has 0 N–H and O–H groups in total. The normalized spacial score (nSPS) is 27.8. The minimum Gasteiger partial charge on any atom is -0.377 e. The first-order valence-corrected chi connectivity index (χ1v) is 5.06. The monoisotopic (exact) mass is 171 g/mol. The van der Waals surface area contributed by atoms with Gasteiger partial charge in [0.15, 0.2) is 0 Å². The van der Waals surface area contributed by atoms with Crippen molar-refractivity contribution in [2.24, 2.45) is 0 Å². The van der Waals surface area contributed by atoms with Crippen LogP contribution in [0, 0.1) is 0 Å². The molecule has 0 aromatic rings. The molecule has 2 unspecified atom stereocenters. The van der Waals surface area contributed by atoms with Gasteiger partial charge in [-0.05, 0) is 39.8 Å². The van der Waals surface area contributed by atoms with Crippen molar-refractivity contribution in [2.75, 3.05) is 20.2 Å². The summed E-state index contributed by atoms with van der Waals surface area (Å²) in [5.41, 5.74) is 0. The minimum absolute atomic E-state index is 0.430. The standard InChI is InChI=1S/C10H21NO/c1-4-9(2)12-8-10-6-5-7-11(10)3/h9-10H,4-8H2,1-3H3. The summed E-state index contributed by atoms with van der Waals surface area (Å²) in [5, 5.41) is 0. The van der Waals surface area contributed by atoms with Crippen LogP contribution in [0.15, 0.2) is 0 Å². The molecule has 0 saturated carbocycles. The zero-order chi connectivity index (χ0) is 8.97. The van der Waals surface area contributed by atoms with Gasteiger partial charge in [0.05, 0.1) is 12.7 Å². The lowest BCUT2D eigenvalue weighted by Gasteiger charge is -2.21. The van der Waals surface area contributed by atoms with E-state index in [0.717, 1.165) is 13.0 Å². The lowest BCUT2D eigenvalue weighted by atomic mass is 10.2. The fraction of sp³-hybridized carbons (Fsp3) is 1.00. The van der Waals surface area contributed by atoms with Crippen LogP contribution in [0.1, 0.15) is 33.1 Å². The Morgan fingerprint density at radius 3 is 2.83 bits per heavy atom. The van der Waals surface area contributed by atoms with Crippen molar-refractivity contribution in [2.45, 2.75) is 45.3 Å². The number of ether oxygens (including phenoxy) is 1. The smallest absolute Gasteiger partial charge is 0.0625 e. The van der Waals surface area contributed by atoms with Crippen LogP contribution in [0.2, 0.25) is 0 Å². The van der Waals surface area contributed by atoms with E-state index in [1.807, 2.05) is 0 Å². The zero-order valence-corrected chi connectivity index (χ0v) is 8.55. The van der Waals surface area contributed by atoms with Crippen molar-refractivity contribution in [1.29, 1.82) is 0 Å². The van der Waals surface area contributed by atoms with Crippen molar-refractivity contribution in [3.8, 4) is 0 Å². The van der Waals surface area contributed by atoms with Crippen molar-refractivity contribution in [3.63, 3.8) is 0 Å². The second-order valence-corrected chi connectivity index (χ2v) is 3.83. The van der Waals surface area contributed by atoms with Gasteiger partial charge in [0.25, 0.3) is 0 Å². The van der Waals surface area contributed by atoms with Gasteiger partial charge in [0, 0.05) is 6.04 Å². The van der Waals surface area contributed by atoms with Crippen molar-refractivity contribution >= 4 is 0 Å². The van der Waals surface area contributed by atoms with E-state index in [4.69, 9.17) is 4.74 Å². The van der Waals surface area contributed by atoms with E-state index in [0.29, 0.717) is 12.1 Å². The first-order chi connectivity index (χ1) is 5.74. The second kappa shape index (κ2) is 4.83. The number of hydrogen-bond acceptors (Lipinski definition) is 2. The molecule has 1 aliphatic rings. The van der Waals surface area contributed by atoms with E-state index in [9.17, 15) is 0 Å². The lowest BCUT2D eigenvalue weighted by Crippen LogP contribution is -2.30. The summed E-state index contributed by atoms with van der Waals surface area (Å²) in [6.45, 7) is 6.48. The van der Waals surface area contributed by atoms with Gasteiger partial charge < -0.3 is 9.64 Å². The van der Waals surface area contributed by atoms with E-state index in [1.165, 1.54) is 19.4 Å². The highest BCUT2D eigenvalue weighted by Gasteiger charge is 2.21. The third kappa shape index (κ3) is 2.76. The van der Waals surface area contributed by atoms with Crippen LogP contribution in [-0.4, -0.2) is 37.2 Å². The predicted molar refractivity (Wildman–Crippen MR) is 51.4 cm³/mol. The molecule has 0 bridgehead atoms. The van der Waals surface area contributed by atoms with Crippen molar-refractivity contribution < 1.29 is 4.74 Å². The third-order valence-corrected chi connectivity index (χ3v) is 2.82. The maximum Gasteiger partial charge on any atom is 0.0625 e. The molecule has 1 fully saturated rings. The highest BCUT2D eigenvalue weighted by molar-refractivity contribution is 4.75. The molecule has 0 radical (unpaired) electrons. The van der Waals surface area contributed by atoms with E-state index in [2.05, 4.69) is 25.8 Å². The van der Waals surface area contributed by atoms with Crippen LogP contribution < -0.4 is 0 Å². The van der Waals surface area contributed by atoms with Crippen LogP contribution in [0.3, 0.4) is 0 Å². The molecule has 12 heavy (non-hydrogen) atoms. The zero-order valence-electron chi connectivity index (χ0n) is 8.55. The molecule has 0 amide bonds. The highest BCUT2D eigenvalue weighted by atomic mass is 16.5. The average molecular weight is 171 g/mol. The Hall–Kier alpha value is -0.0800. The molecule has 72 valence electrons. The maximum atomic E-state index is 5.70. The maximum absolute atomic E-state index is 5.70. The molecule has 0 aliphatic carbocycles. The van der Waals surface area contributed by atoms with Crippen LogP contribution >= 0.6 is 0 Å². The summed E-state index contributed by atoms with van der Waals surface area (Å²) < 4.78 is 5.70. The van der Waals surface area contributed by atoms with Gasteiger partial charge in [-0.1, -0.05) is 6.92 Å². The van der Waals surface area contributed by atoms with Crippen LogP contribution in [0.4, 0.5) is 0 Å². The number of likely N-dealkylation sites (tertiary alicyclic amines) is 1. The van der Waals surface area contributed by atoms with E-state index >= 15 is 0 Å². The Balaban J connectivity index is 2.13. The first-order valence-electron chi connectivity index (χ1n) is 5.06. The summed E-state index contributed by atoms with van der Waals surface area (Å²) in [4.78, 5) is 2.41. The van der Waals surface area contributed by atoms with Gasteiger partial charge in [0.2, 0.25) is 0 Å². The van der Waals surface area contributed by atoms with Gasteiger partial charge in [-0.3, -0.25) is 0 Å². The largest absolute Gasteiger partial charge is 0.377 e. The lowest BCUT2D eigenvalue weighted by molar-refractivity contribution is 0.0314. The Morgan fingerprint density at radius 2 is 2.33 bits per heavy atom. The summed E-state index contributed by atoms with van der Waals surface area (Å²) in [6, 6.07) is 0.680. The third-order valence-electron chi connectivity index (χ3n) is 2.82. The molecular weight excluding hydrogens is 150 g/mol. The van der Waals surface area contributed by atoms with Gasteiger partial charge in [-0.15, -0.1) is 0 Å². The Kier molecular flexibility index (Phi) is 4.02. The van der Waals surface area contributed by atoms with E-state index in [-0.39, 0.29) is 0 Å². The SMILES string of the molecule is CCC(C)OCC1CCCN1C. The topological polar surface area (TPSA) is 12.5 Å². The highest BCUT2D eigenvalue weighted by Crippen LogP contribution is 2.15. The van der Waals surface area contributed by atoms with Crippen molar-refractivity contribution in [1.82, 2.24) is 4.90 Å². The average Bonchev–Trinajstić information content (AvgIpc) is 2.47. The molecule has 0 aromatic carbocycles. The van der Waals surface area contributed by atoms with Crippen LogP contribution in [0.5, 0.6) is 0 Å². The number of likely N-dealkylation sites (N-methyl/N-ethyl adjacent to an activating group) is 1. The van der Waals surface area contributed by atoms with Gasteiger partial charge in [-0.2, -0.15) is 0 Å².